The Morgan fingerprint density at radius 3 is 2.09 bits per heavy atom. The standard InChI is InChI=1S/C30H19N3/c1-3-9-20(10-4-1)25-19-26(22-12-5-2-6-13-22)33-29(25)27-23-14-8-7-11-21(23)15-16-24(27)28-30(33)32-18-17-31-28/h1-19H. The van der Waals surface area contributed by atoms with Crippen molar-refractivity contribution in [3.63, 3.8) is 0 Å². The third-order valence-corrected chi connectivity index (χ3v) is 6.47. The third-order valence-electron chi connectivity index (χ3n) is 6.47. The van der Waals surface area contributed by atoms with Gasteiger partial charge in [-0.15, -0.1) is 0 Å². The molecule has 3 heteroatoms. The number of rotatable bonds is 2. The Morgan fingerprint density at radius 1 is 0.576 bits per heavy atom. The first-order valence-electron chi connectivity index (χ1n) is 11.1. The van der Waals surface area contributed by atoms with Gasteiger partial charge in [0.15, 0.2) is 5.65 Å². The van der Waals surface area contributed by atoms with Crippen LogP contribution < -0.4 is 0 Å². The predicted octanol–water partition coefficient (Wildman–Crippen LogP) is 7.52. The monoisotopic (exact) mass is 421 g/mol. The molecule has 154 valence electrons. The van der Waals surface area contributed by atoms with Crippen LogP contribution in [-0.2, 0) is 0 Å². The molecule has 0 spiro atoms. The van der Waals surface area contributed by atoms with Crippen LogP contribution in [0.1, 0.15) is 0 Å². The van der Waals surface area contributed by atoms with Gasteiger partial charge in [-0.3, -0.25) is 9.38 Å². The van der Waals surface area contributed by atoms with E-state index >= 15 is 0 Å². The van der Waals surface area contributed by atoms with E-state index in [1.807, 2.05) is 0 Å². The summed E-state index contributed by atoms with van der Waals surface area (Å²) in [5, 5.41) is 4.78. The maximum absolute atomic E-state index is 4.83. The SMILES string of the molecule is c1ccc(-c2cc(-c3ccccc3)n3c4nccnc4c4ccc5ccccc5c4c23)cc1. The lowest BCUT2D eigenvalue weighted by molar-refractivity contribution is 1.18. The van der Waals surface area contributed by atoms with E-state index in [-0.39, 0.29) is 0 Å². The average Bonchev–Trinajstić information content (AvgIpc) is 3.30. The van der Waals surface area contributed by atoms with Crippen molar-refractivity contribution in [2.24, 2.45) is 0 Å². The highest BCUT2D eigenvalue weighted by Crippen LogP contribution is 2.42. The smallest absolute Gasteiger partial charge is 0.164 e. The Kier molecular flexibility index (Phi) is 3.84. The zero-order chi connectivity index (χ0) is 21.8. The van der Waals surface area contributed by atoms with Crippen LogP contribution in [-0.4, -0.2) is 14.4 Å². The van der Waals surface area contributed by atoms with E-state index in [0.29, 0.717) is 0 Å². The Morgan fingerprint density at radius 2 is 1.27 bits per heavy atom. The molecule has 0 aliphatic rings. The van der Waals surface area contributed by atoms with E-state index in [0.717, 1.165) is 27.8 Å². The van der Waals surface area contributed by atoms with Crippen molar-refractivity contribution >= 4 is 38.2 Å². The van der Waals surface area contributed by atoms with Crippen molar-refractivity contribution in [1.29, 1.82) is 0 Å². The van der Waals surface area contributed by atoms with Crippen LogP contribution in [0, 0.1) is 0 Å². The lowest BCUT2D eigenvalue weighted by Gasteiger charge is -2.13. The van der Waals surface area contributed by atoms with Gasteiger partial charge in [0, 0.05) is 28.7 Å². The van der Waals surface area contributed by atoms with Gasteiger partial charge in [0.2, 0.25) is 0 Å². The van der Waals surface area contributed by atoms with Crippen molar-refractivity contribution < 1.29 is 0 Å². The van der Waals surface area contributed by atoms with Crippen LogP contribution in [0.2, 0.25) is 0 Å². The van der Waals surface area contributed by atoms with Crippen LogP contribution in [0.3, 0.4) is 0 Å². The highest BCUT2D eigenvalue weighted by Gasteiger charge is 2.21. The molecule has 7 rings (SSSR count). The van der Waals surface area contributed by atoms with Crippen molar-refractivity contribution in [3.8, 4) is 22.4 Å². The first kappa shape index (κ1) is 18.1. The lowest BCUT2D eigenvalue weighted by atomic mass is 9.98. The van der Waals surface area contributed by atoms with E-state index in [2.05, 4.69) is 108 Å². The number of hydrogen-bond acceptors (Lipinski definition) is 2. The molecule has 3 heterocycles. The molecule has 4 aromatic carbocycles. The Balaban J connectivity index is 1.82. The summed E-state index contributed by atoms with van der Waals surface area (Å²) in [6.07, 6.45) is 3.57. The maximum Gasteiger partial charge on any atom is 0.164 e. The molecular weight excluding hydrogens is 402 g/mol. The molecule has 0 atom stereocenters. The van der Waals surface area contributed by atoms with Gasteiger partial charge in [-0.2, -0.15) is 0 Å². The fourth-order valence-corrected chi connectivity index (χ4v) is 5.04. The molecule has 3 nitrogen and oxygen atoms in total. The van der Waals surface area contributed by atoms with E-state index in [4.69, 9.17) is 9.97 Å². The first-order valence-corrected chi connectivity index (χ1v) is 11.1. The molecule has 0 unspecified atom stereocenters. The summed E-state index contributed by atoms with van der Waals surface area (Å²) < 4.78 is 2.30. The largest absolute Gasteiger partial charge is 0.291 e. The molecule has 0 saturated carbocycles. The van der Waals surface area contributed by atoms with Gasteiger partial charge >= 0.3 is 0 Å². The predicted molar refractivity (Wildman–Crippen MR) is 136 cm³/mol. The minimum atomic E-state index is 0.872. The summed E-state index contributed by atoms with van der Waals surface area (Å²) in [5.41, 5.74) is 7.61. The van der Waals surface area contributed by atoms with Gasteiger partial charge in [0.25, 0.3) is 0 Å². The Hall–Kier alpha value is -4.50. The summed E-state index contributed by atoms with van der Waals surface area (Å²) >= 11 is 0. The molecule has 0 fully saturated rings. The minimum absolute atomic E-state index is 0.872. The van der Waals surface area contributed by atoms with Gasteiger partial charge in [-0.1, -0.05) is 97.1 Å². The minimum Gasteiger partial charge on any atom is -0.291 e. The van der Waals surface area contributed by atoms with E-state index in [1.165, 1.54) is 32.8 Å². The number of hydrogen-bond donors (Lipinski definition) is 0. The van der Waals surface area contributed by atoms with Gasteiger partial charge in [-0.05, 0) is 28.0 Å². The zero-order valence-corrected chi connectivity index (χ0v) is 17.8. The molecule has 33 heavy (non-hydrogen) atoms. The molecule has 0 amide bonds. The topological polar surface area (TPSA) is 30.2 Å². The Labute approximate surface area is 190 Å². The van der Waals surface area contributed by atoms with Crippen molar-refractivity contribution in [2.45, 2.75) is 0 Å². The van der Waals surface area contributed by atoms with E-state index < -0.39 is 0 Å². The Bertz CT molecular complexity index is 1790. The quantitative estimate of drug-likeness (QED) is 0.270. The van der Waals surface area contributed by atoms with Crippen LogP contribution in [0.25, 0.3) is 60.6 Å². The molecule has 3 aromatic heterocycles. The fraction of sp³-hybridized carbons (Fsp3) is 0. The maximum atomic E-state index is 4.83. The van der Waals surface area contributed by atoms with Crippen molar-refractivity contribution in [3.05, 3.63) is 116 Å². The normalized spacial score (nSPS) is 11.6. The van der Waals surface area contributed by atoms with Crippen molar-refractivity contribution in [2.75, 3.05) is 0 Å². The molecule has 0 saturated heterocycles. The average molecular weight is 422 g/mol. The molecular formula is C30H19N3. The highest BCUT2D eigenvalue weighted by atomic mass is 15.0. The zero-order valence-electron chi connectivity index (χ0n) is 17.8. The highest BCUT2D eigenvalue weighted by molar-refractivity contribution is 6.24. The van der Waals surface area contributed by atoms with Crippen LogP contribution in [0.15, 0.2) is 116 Å². The lowest BCUT2D eigenvalue weighted by Crippen LogP contribution is -1.98. The third kappa shape index (κ3) is 2.63. The van der Waals surface area contributed by atoms with Gasteiger partial charge in [-0.25, -0.2) is 4.98 Å². The van der Waals surface area contributed by atoms with E-state index in [1.54, 1.807) is 12.4 Å². The second-order valence-electron chi connectivity index (χ2n) is 8.30. The molecule has 0 N–H and O–H groups in total. The molecule has 7 aromatic rings. The number of nitrogens with zero attached hydrogens (tertiary/aromatic N) is 3. The van der Waals surface area contributed by atoms with Crippen molar-refractivity contribution in [1.82, 2.24) is 14.4 Å². The number of benzene rings is 4. The number of aromatic nitrogens is 3. The van der Waals surface area contributed by atoms with Crippen LogP contribution in [0.4, 0.5) is 0 Å². The number of fused-ring (bicyclic) bond motifs is 8. The summed E-state index contributed by atoms with van der Waals surface area (Å²) in [4.78, 5) is 9.63. The second kappa shape index (κ2) is 7.01. The van der Waals surface area contributed by atoms with Gasteiger partial charge in [0.1, 0.15) is 5.52 Å². The first-order chi connectivity index (χ1) is 16.4. The fourth-order valence-electron chi connectivity index (χ4n) is 5.04. The summed E-state index contributed by atoms with van der Waals surface area (Å²) in [7, 11) is 0. The van der Waals surface area contributed by atoms with Gasteiger partial charge in [0.05, 0.1) is 11.2 Å². The summed E-state index contributed by atoms with van der Waals surface area (Å²) in [5.74, 6) is 0. The molecule has 0 radical (unpaired) electrons. The number of pyridine rings is 1. The summed E-state index contributed by atoms with van der Waals surface area (Å²) in [6.45, 7) is 0. The van der Waals surface area contributed by atoms with Crippen LogP contribution >= 0.6 is 0 Å². The van der Waals surface area contributed by atoms with Crippen LogP contribution in [0.5, 0.6) is 0 Å². The second-order valence-corrected chi connectivity index (χ2v) is 8.30. The molecule has 0 aliphatic carbocycles. The molecule has 0 aliphatic heterocycles. The van der Waals surface area contributed by atoms with Gasteiger partial charge < -0.3 is 0 Å². The molecule has 0 bridgehead atoms. The summed E-state index contributed by atoms with van der Waals surface area (Å²) in [6, 6.07) is 36.4. The van der Waals surface area contributed by atoms with E-state index in [9.17, 15) is 0 Å².